The molecular formula is C25H29FN8OS2. The lowest BCUT2D eigenvalue weighted by atomic mass is 10.3. The van der Waals surface area contributed by atoms with Gasteiger partial charge in [0, 0.05) is 68.0 Å². The Hall–Kier alpha value is -2.90. The molecule has 3 aromatic heterocycles. The lowest BCUT2D eigenvalue weighted by Gasteiger charge is -2.28. The van der Waals surface area contributed by atoms with Crippen LogP contribution in [0.15, 0.2) is 47.6 Å². The molecule has 2 aliphatic heterocycles. The van der Waals surface area contributed by atoms with E-state index in [0.29, 0.717) is 19.0 Å². The molecule has 2 saturated heterocycles. The molecule has 2 fully saturated rings. The summed E-state index contributed by atoms with van der Waals surface area (Å²) in [5, 5.41) is 3.41. The number of ether oxygens (including phenoxy) is 1. The third kappa shape index (κ3) is 6.70. The van der Waals surface area contributed by atoms with Gasteiger partial charge in [0.25, 0.3) is 0 Å². The van der Waals surface area contributed by atoms with Gasteiger partial charge in [-0.15, -0.1) is 24.0 Å². The maximum Gasteiger partial charge on any atom is 0.219 e. The van der Waals surface area contributed by atoms with E-state index in [9.17, 15) is 4.39 Å². The van der Waals surface area contributed by atoms with Crippen molar-refractivity contribution < 1.29 is 9.13 Å². The van der Waals surface area contributed by atoms with Crippen LogP contribution in [0.1, 0.15) is 4.88 Å². The highest BCUT2D eigenvalue weighted by atomic mass is 32.1. The first-order chi connectivity index (χ1) is 18.0. The Morgan fingerprint density at radius 2 is 1.73 bits per heavy atom. The molecule has 0 unspecified atom stereocenters. The van der Waals surface area contributed by atoms with E-state index in [1.807, 2.05) is 0 Å². The highest BCUT2D eigenvalue weighted by Gasteiger charge is 2.21. The van der Waals surface area contributed by atoms with Gasteiger partial charge in [0.15, 0.2) is 11.6 Å². The molecule has 4 aromatic rings. The molecule has 0 amide bonds. The molecule has 9 nitrogen and oxygen atoms in total. The van der Waals surface area contributed by atoms with Crippen LogP contribution in [0.3, 0.4) is 0 Å². The van der Waals surface area contributed by atoms with Crippen LogP contribution in [0, 0.1) is 5.82 Å². The number of nitrogens with one attached hydrogen (secondary N) is 1. The van der Waals surface area contributed by atoms with Crippen molar-refractivity contribution in [2.24, 2.45) is 0 Å². The van der Waals surface area contributed by atoms with Crippen molar-refractivity contribution in [2.75, 3.05) is 63.1 Å². The summed E-state index contributed by atoms with van der Waals surface area (Å²) in [4.78, 5) is 24.8. The van der Waals surface area contributed by atoms with E-state index < -0.39 is 0 Å². The van der Waals surface area contributed by atoms with E-state index in [2.05, 4.69) is 43.8 Å². The van der Waals surface area contributed by atoms with Crippen molar-refractivity contribution >= 4 is 45.9 Å². The van der Waals surface area contributed by atoms with Gasteiger partial charge in [0.2, 0.25) is 5.95 Å². The molecule has 194 valence electrons. The molecule has 0 radical (unpaired) electrons. The number of nitrogens with zero attached hydrogens (tertiary/aromatic N) is 6. The van der Waals surface area contributed by atoms with Gasteiger partial charge in [-0.25, -0.2) is 24.3 Å². The topological polar surface area (TPSA) is 105 Å². The van der Waals surface area contributed by atoms with Crippen LogP contribution >= 0.6 is 24.0 Å². The molecule has 12 heteroatoms. The first-order valence-electron chi connectivity index (χ1n) is 12.1. The predicted octanol–water partition coefficient (Wildman–Crippen LogP) is 3.09. The van der Waals surface area contributed by atoms with Gasteiger partial charge in [-0.05, 0) is 30.3 Å². The van der Waals surface area contributed by atoms with E-state index >= 15 is 0 Å². The molecule has 3 N–H and O–H groups in total. The zero-order valence-corrected chi connectivity index (χ0v) is 22.0. The van der Waals surface area contributed by atoms with Crippen LogP contribution in [0.4, 0.5) is 16.2 Å². The Morgan fingerprint density at radius 1 is 1.03 bits per heavy atom. The summed E-state index contributed by atoms with van der Waals surface area (Å²) in [7, 11) is 0. The Labute approximate surface area is 224 Å². The summed E-state index contributed by atoms with van der Waals surface area (Å²) in [6.07, 6.45) is 3.36. The standard InChI is InChI=1S/C19H24N8OS.C6H5FS/c20-19-22-10-13(11-23-19)17-24-15-9-14(12-26-3-1-21-2-4-26)29-16(15)18(25-17)27-5-7-28-8-6-27;7-5-1-3-6(8)4-2-5/h9-11,21H,1-8,12H2,(H2,20,22,23);1-4,8H. The SMILES string of the molecule is Fc1ccc(S)cc1.Nc1ncc(-c2nc(N3CCOCC3)c3sc(CN4CCNCC4)cc3n2)cn1. The number of piperazine rings is 1. The number of nitrogens with two attached hydrogens (primary N) is 1. The van der Waals surface area contributed by atoms with Crippen molar-refractivity contribution in [3.63, 3.8) is 0 Å². The first-order valence-corrected chi connectivity index (χ1v) is 13.4. The van der Waals surface area contributed by atoms with E-state index in [1.54, 1.807) is 35.9 Å². The number of hydrogen-bond acceptors (Lipinski definition) is 11. The molecular weight excluding hydrogens is 511 g/mol. The number of morpholine rings is 1. The van der Waals surface area contributed by atoms with Crippen molar-refractivity contribution in [3.05, 3.63) is 53.4 Å². The second-order valence-corrected chi connectivity index (χ2v) is 10.4. The molecule has 2 aliphatic rings. The quantitative estimate of drug-likeness (QED) is 0.337. The third-order valence-corrected chi connectivity index (χ3v) is 7.46. The molecule has 37 heavy (non-hydrogen) atoms. The minimum absolute atomic E-state index is 0.220. The number of anilines is 2. The molecule has 0 spiro atoms. The summed E-state index contributed by atoms with van der Waals surface area (Å²) in [5.41, 5.74) is 7.39. The highest BCUT2D eigenvalue weighted by molar-refractivity contribution is 7.80. The van der Waals surface area contributed by atoms with Crippen molar-refractivity contribution in [2.45, 2.75) is 11.4 Å². The number of rotatable bonds is 4. The van der Waals surface area contributed by atoms with Crippen molar-refractivity contribution in [1.82, 2.24) is 30.2 Å². The molecule has 0 atom stereocenters. The van der Waals surface area contributed by atoms with Crippen LogP contribution < -0.4 is 16.0 Å². The fourth-order valence-electron chi connectivity index (χ4n) is 4.15. The molecule has 5 heterocycles. The lowest BCUT2D eigenvalue weighted by Crippen LogP contribution is -2.42. The number of thiol groups is 1. The van der Waals surface area contributed by atoms with Crippen molar-refractivity contribution in [3.8, 4) is 11.4 Å². The summed E-state index contributed by atoms with van der Waals surface area (Å²) >= 11 is 5.76. The van der Waals surface area contributed by atoms with Gasteiger partial charge in [-0.3, -0.25) is 4.90 Å². The van der Waals surface area contributed by atoms with E-state index in [1.165, 1.54) is 17.0 Å². The zero-order chi connectivity index (χ0) is 25.6. The smallest absolute Gasteiger partial charge is 0.219 e. The number of nitrogen functional groups attached to an aromatic ring is 1. The average molecular weight is 541 g/mol. The second-order valence-electron chi connectivity index (χ2n) is 8.73. The summed E-state index contributed by atoms with van der Waals surface area (Å²) in [5.74, 6) is 1.63. The maximum atomic E-state index is 12.1. The highest BCUT2D eigenvalue weighted by Crippen LogP contribution is 2.35. The van der Waals surface area contributed by atoms with Crippen LogP contribution in [0.2, 0.25) is 0 Å². The van der Waals surface area contributed by atoms with Crippen LogP contribution in [0.25, 0.3) is 21.6 Å². The average Bonchev–Trinajstić information content (AvgIpc) is 3.34. The Kier molecular flexibility index (Phi) is 8.41. The lowest BCUT2D eigenvalue weighted by molar-refractivity contribution is 0.122. The minimum atomic E-state index is -0.220. The fraction of sp³-hybridized carbons (Fsp3) is 0.360. The zero-order valence-electron chi connectivity index (χ0n) is 20.3. The van der Waals surface area contributed by atoms with Crippen LogP contribution in [-0.2, 0) is 11.3 Å². The first kappa shape index (κ1) is 25.7. The molecule has 1 aromatic carbocycles. The Bertz CT molecular complexity index is 1290. The largest absolute Gasteiger partial charge is 0.378 e. The maximum absolute atomic E-state index is 12.1. The summed E-state index contributed by atoms with van der Waals surface area (Å²) in [6.45, 7) is 8.27. The number of halogens is 1. The molecule has 6 rings (SSSR count). The van der Waals surface area contributed by atoms with Gasteiger partial charge in [0.05, 0.1) is 29.0 Å². The molecule has 0 bridgehead atoms. The fourth-order valence-corrected chi connectivity index (χ4v) is 5.45. The molecule has 0 saturated carbocycles. The van der Waals surface area contributed by atoms with Gasteiger partial charge in [-0.2, -0.15) is 0 Å². The summed E-state index contributed by atoms with van der Waals surface area (Å²) < 4.78 is 18.7. The van der Waals surface area contributed by atoms with E-state index in [-0.39, 0.29) is 11.8 Å². The van der Waals surface area contributed by atoms with Gasteiger partial charge >= 0.3 is 0 Å². The number of aromatic nitrogens is 4. The minimum Gasteiger partial charge on any atom is -0.378 e. The predicted molar refractivity (Wildman–Crippen MR) is 148 cm³/mol. The Balaban J connectivity index is 0.000000301. The normalized spacial score (nSPS) is 16.4. The monoisotopic (exact) mass is 540 g/mol. The number of fused-ring (bicyclic) bond motifs is 1. The van der Waals surface area contributed by atoms with E-state index in [4.69, 9.17) is 20.4 Å². The number of hydrogen-bond donors (Lipinski definition) is 3. The van der Waals surface area contributed by atoms with Gasteiger partial charge < -0.3 is 20.7 Å². The number of benzene rings is 1. The van der Waals surface area contributed by atoms with Gasteiger partial charge in [0.1, 0.15) is 5.82 Å². The van der Waals surface area contributed by atoms with Crippen LogP contribution in [0.5, 0.6) is 0 Å². The van der Waals surface area contributed by atoms with Crippen molar-refractivity contribution in [1.29, 1.82) is 0 Å². The van der Waals surface area contributed by atoms with Crippen LogP contribution in [-0.4, -0.2) is 77.3 Å². The second kappa shape index (κ2) is 12.1. The van der Waals surface area contributed by atoms with E-state index in [0.717, 1.165) is 72.3 Å². The number of thiophene rings is 1. The third-order valence-electron chi connectivity index (χ3n) is 6.06. The Morgan fingerprint density at radius 3 is 2.41 bits per heavy atom. The van der Waals surface area contributed by atoms with Gasteiger partial charge in [-0.1, -0.05) is 0 Å². The molecule has 0 aliphatic carbocycles. The summed E-state index contributed by atoms with van der Waals surface area (Å²) in [6, 6.07) is 8.18.